The number of nitrogens with one attached hydrogen (secondary N) is 2. The van der Waals surface area contributed by atoms with Gasteiger partial charge in [-0.1, -0.05) is 48.9 Å². The lowest BCUT2D eigenvalue weighted by atomic mass is 10.1. The predicted molar refractivity (Wildman–Crippen MR) is 122 cm³/mol. The first-order valence-corrected chi connectivity index (χ1v) is 11.0. The van der Waals surface area contributed by atoms with Crippen LogP contribution in [0.5, 0.6) is 0 Å². The molecule has 0 fully saturated rings. The summed E-state index contributed by atoms with van der Waals surface area (Å²) >= 11 is 0. The summed E-state index contributed by atoms with van der Waals surface area (Å²) in [5.74, 6) is 0.777. The van der Waals surface area contributed by atoms with Crippen molar-refractivity contribution in [2.45, 2.75) is 45.2 Å². The van der Waals surface area contributed by atoms with Gasteiger partial charge in [0.25, 0.3) is 0 Å². The number of hydrogen-bond acceptors (Lipinski definition) is 3. The maximum atomic E-state index is 12.6. The summed E-state index contributed by atoms with van der Waals surface area (Å²) < 4.78 is 2.09. The maximum Gasteiger partial charge on any atom is 0.324 e. The van der Waals surface area contributed by atoms with Crippen molar-refractivity contribution in [3.8, 4) is 0 Å². The molecule has 3 aromatic rings. The number of hydrogen-bond donors (Lipinski definition) is 2. The molecule has 0 aliphatic carbocycles. The molecule has 1 atom stereocenters. The number of fused-ring (bicyclic) bond motifs is 3. The van der Waals surface area contributed by atoms with Crippen molar-refractivity contribution in [3.63, 3.8) is 0 Å². The Bertz CT molecular complexity index is 1050. The second-order valence-corrected chi connectivity index (χ2v) is 7.95. The molecule has 7 heteroatoms. The highest BCUT2D eigenvalue weighted by molar-refractivity contribution is 5.93. The van der Waals surface area contributed by atoms with Crippen LogP contribution in [0.1, 0.15) is 44.2 Å². The SMILES string of the molecule is C[C@@H](NC(=O)CCCCCNC(=O)N1CCn2c1nc1ccccc12)c1ccccc1. The largest absolute Gasteiger partial charge is 0.350 e. The van der Waals surface area contributed by atoms with Crippen LogP contribution < -0.4 is 15.5 Å². The van der Waals surface area contributed by atoms with Gasteiger partial charge >= 0.3 is 6.03 Å². The molecule has 31 heavy (non-hydrogen) atoms. The number of unbranched alkanes of at least 4 members (excludes halogenated alkanes) is 2. The number of imidazole rings is 1. The number of nitrogens with zero attached hydrogens (tertiary/aromatic N) is 3. The summed E-state index contributed by atoms with van der Waals surface area (Å²) in [6, 6.07) is 17.8. The minimum Gasteiger partial charge on any atom is -0.350 e. The van der Waals surface area contributed by atoms with E-state index in [0.29, 0.717) is 25.5 Å². The number of benzene rings is 2. The van der Waals surface area contributed by atoms with E-state index in [1.165, 1.54) is 0 Å². The average molecular weight is 420 g/mol. The van der Waals surface area contributed by atoms with Gasteiger partial charge in [0.05, 0.1) is 17.1 Å². The van der Waals surface area contributed by atoms with Gasteiger partial charge in [-0.3, -0.25) is 9.69 Å². The van der Waals surface area contributed by atoms with Gasteiger partial charge in [-0.25, -0.2) is 9.78 Å². The third kappa shape index (κ3) is 4.87. The molecule has 0 spiro atoms. The molecule has 0 unspecified atom stereocenters. The fourth-order valence-corrected chi connectivity index (χ4v) is 4.00. The number of carbonyl (C=O) groups is 2. The number of rotatable bonds is 8. The molecular formula is C24H29N5O2. The zero-order valence-corrected chi connectivity index (χ0v) is 17.9. The summed E-state index contributed by atoms with van der Waals surface area (Å²) in [4.78, 5) is 31.0. The average Bonchev–Trinajstić information content (AvgIpc) is 3.36. The van der Waals surface area contributed by atoms with E-state index in [2.05, 4.69) is 20.2 Å². The normalized spacial score (nSPS) is 13.8. The Morgan fingerprint density at radius 2 is 1.77 bits per heavy atom. The van der Waals surface area contributed by atoms with Crippen LogP contribution in [0.2, 0.25) is 0 Å². The van der Waals surface area contributed by atoms with Crippen LogP contribution in [0.15, 0.2) is 54.6 Å². The van der Waals surface area contributed by atoms with Crippen molar-refractivity contribution < 1.29 is 9.59 Å². The maximum absolute atomic E-state index is 12.6. The van der Waals surface area contributed by atoms with Gasteiger partial charge in [-0.05, 0) is 37.5 Å². The summed E-state index contributed by atoms with van der Waals surface area (Å²) in [5, 5.41) is 6.02. The highest BCUT2D eigenvalue weighted by Gasteiger charge is 2.27. The van der Waals surface area contributed by atoms with Crippen LogP contribution in [0.25, 0.3) is 11.0 Å². The molecule has 4 rings (SSSR count). The molecule has 0 saturated carbocycles. The molecule has 0 radical (unpaired) electrons. The zero-order valence-electron chi connectivity index (χ0n) is 17.9. The molecule has 7 nitrogen and oxygen atoms in total. The van der Waals surface area contributed by atoms with Crippen molar-refractivity contribution in [2.24, 2.45) is 0 Å². The van der Waals surface area contributed by atoms with Gasteiger partial charge in [0.2, 0.25) is 11.9 Å². The fourth-order valence-electron chi connectivity index (χ4n) is 4.00. The number of carbonyl (C=O) groups excluding carboxylic acids is 2. The van der Waals surface area contributed by atoms with Crippen LogP contribution in [0.3, 0.4) is 0 Å². The lowest BCUT2D eigenvalue weighted by Crippen LogP contribution is -2.39. The Labute approximate surface area is 182 Å². The van der Waals surface area contributed by atoms with Crippen LogP contribution >= 0.6 is 0 Å². The van der Waals surface area contributed by atoms with Crippen molar-refractivity contribution >= 4 is 28.9 Å². The summed E-state index contributed by atoms with van der Waals surface area (Å²) in [7, 11) is 0. The molecule has 3 amide bonds. The van der Waals surface area contributed by atoms with Gasteiger partial charge in [0, 0.05) is 26.1 Å². The Balaban J connectivity index is 1.14. The summed E-state index contributed by atoms with van der Waals surface area (Å²) in [5.41, 5.74) is 3.08. The lowest BCUT2D eigenvalue weighted by Gasteiger charge is -2.15. The first-order chi connectivity index (χ1) is 15.1. The third-order valence-corrected chi connectivity index (χ3v) is 5.70. The van der Waals surface area contributed by atoms with E-state index >= 15 is 0 Å². The van der Waals surface area contributed by atoms with Crippen LogP contribution in [0.4, 0.5) is 10.7 Å². The summed E-state index contributed by atoms with van der Waals surface area (Å²) in [6.07, 6.45) is 3.05. The van der Waals surface area contributed by atoms with E-state index in [1.54, 1.807) is 4.90 Å². The minimum absolute atomic E-state index is 0.0117. The fraction of sp³-hybridized carbons (Fsp3) is 0.375. The van der Waals surface area contributed by atoms with Crippen LogP contribution in [-0.2, 0) is 11.3 Å². The summed E-state index contributed by atoms with van der Waals surface area (Å²) in [6.45, 7) is 3.99. The Morgan fingerprint density at radius 1 is 1.00 bits per heavy atom. The molecule has 1 aromatic heterocycles. The number of anilines is 1. The monoisotopic (exact) mass is 419 g/mol. The van der Waals surface area contributed by atoms with E-state index in [-0.39, 0.29) is 18.0 Å². The third-order valence-electron chi connectivity index (χ3n) is 5.70. The number of urea groups is 1. The number of para-hydroxylation sites is 2. The van der Waals surface area contributed by atoms with Crippen LogP contribution in [0, 0.1) is 0 Å². The Hall–Kier alpha value is -3.35. The van der Waals surface area contributed by atoms with Crippen molar-refractivity contribution in [2.75, 3.05) is 18.0 Å². The minimum atomic E-state index is -0.108. The second-order valence-electron chi connectivity index (χ2n) is 7.95. The molecule has 162 valence electrons. The van der Waals surface area contributed by atoms with E-state index < -0.39 is 0 Å². The molecule has 2 aromatic carbocycles. The standard InChI is InChI=1S/C24H29N5O2/c1-18(19-10-4-2-5-11-19)26-22(30)14-6-3-9-15-25-24(31)29-17-16-28-21-13-8-7-12-20(21)27-23(28)29/h2,4-5,7-8,10-13,18H,3,6,9,14-17H2,1H3,(H,25,31)(H,26,30)/t18-/m1/s1. The topological polar surface area (TPSA) is 79.3 Å². The first-order valence-electron chi connectivity index (χ1n) is 11.0. The van der Waals surface area contributed by atoms with Gasteiger partial charge < -0.3 is 15.2 Å². The lowest BCUT2D eigenvalue weighted by molar-refractivity contribution is -0.121. The smallest absolute Gasteiger partial charge is 0.324 e. The highest BCUT2D eigenvalue weighted by Crippen LogP contribution is 2.26. The molecule has 0 bridgehead atoms. The Morgan fingerprint density at radius 3 is 2.61 bits per heavy atom. The van der Waals surface area contributed by atoms with Crippen molar-refractivity contribution in [1.29, 1.82) is 0 Å². The predicted octanol–water partition coefficient (Wildman–Crippen LogP) is 4.00. The van der Waals surface area contributed by atoms with Gasteiger partial charge in [-0.2, -0.15) is 0 Å². The van der Waals surface area contributed by atoms with Crippen molar-refractivity contribution in [3.05, 3.63) is 60.2 Å². The van der Waals surface area contributed by atoms with E-state index in [1.807, 2.05) is 61.5 Å². The van der Waals surface area contributed by atoms with Crippen molar-refractivity contribution in [1.82, 2.24) is 20.2 Å². The van der Waals surface area contributed by atoms with Crippen LogP contribution in [-0.4, -0.2) is 34.6 Å². The second kappa shape index (κ2) is 9.64. The molecular weight excluding hydrogens is 390 g/mol. The molecule has 2 heterocycles. The first kappa shape index (κ1) is 20.9. The molecule has 2 N–H and O–H groups in total. The zero-order chi connectivity index (χ0) is 21.6. The van der Waals surface area contributed by atoms with E-state index in [0.717, 1.165) is 42.4 Å². The molecule has 0 saturated heterocycles. The van der Waals surface area contributed by atoms with Gasteiger partial charge in [0.15, 0.2) is 0 Å². The highest BCUT2D eigenvalue weighted by atomic mass is 16.2. The quantitative estimate of drug-likeness (QED) is 0.542. The van der Waals surface area contributed by atoms with E-state index in [4.69, 9.17) is 0 Å². The Kier molecular flexibility index (Phi) is 6.50. The molecule has 1 aliphatic rings. The van der Waals surface area contributed by atoms with Gasteiger partial charge in [0.1, 0.15) is 0 Å². The number of amides is 3. The van der Waals surface area contributed by atoms with E-state index in [9.17, 15) is 9.59 Å². The van der Waals surface area contributed by atoms with Gasteiger partial charge in [-0.15, -0.1) is 0 Å². The molecule has 1 aliphatic heterocycles. The number of aromatic nitrogens is 2.